The van der Waals surface area contributed by atoms with E-state index in [0.29, 0.717) is 24.4 Å². The van der Waals surface area contributed by atoms with Crippen molar-refractivity contribution in [3.63, 3.8) is 0 Å². The third kappa shape index (κ3) is 5.03. The molecule has 0 saturated heterocycles. The Morgan fingerprint density at radius 2 is 1.90 bits per heavy atom. The number of amides is 1. The van der Waals surface area contributed by atoms with Gasteiger partial charge in [0.25, 0.3) is 5.56 Å². The lowest BCUT2D eigenvalue weighted by atomic mass is 10.1. The van der Waals surface area contributed by atoms with E-state index < -0.39 is 0 Å². The van der Waals surface area contributed by atoms with Crippen molar-refractivity contribution in [2.45, 2.75) is 59.5 Å². The zero-order valence-electron chi connectivity index (χ0n) is 17.9. The fraction of sp³-hybridized carbons (Fsp3) is 0.391. The van der Waals surface area contributed by atoms with Gasteiger partial charge in [0.05, 0.1) is 11.6 Å². The van der Waals surface area contributed by atoms with Crippen LogP contribution in [-0.4, -0.2) is 20.6 Å². The van der Waals surface area contributed by atoms with Crippen LogP contribution >= 0.6 is 0 Å². The molecule has 7 heteroatoms. The Morgan fingerprint density at radius 1 is 1.17 bits per heavy atom. The quantitative estimate of drug-likeness (QED) is 0.613. The Bertz CT molecular complexity index is 1070. The number of rotatable bonds is 8. The van der Waals surface area contributed by atoms with Gasteiger partial charge in [0.2, 0.25) is 17.6 Å². The van der Waals surface area contributed by atoms with Gasteiger partial charge in [-0.1, -0.05) is 41.9 Å². The number of nitrogens with one attached hydrogen (secondary N) is 1. The van der Waals surface area contributed by atoms with Gasteiger partial charge in [-0.25, -0.2) is 0 Å². The van der Waals surface area contributed by atoms with Crippen LogP contribution in [0.4, 0.5) is 0 Å². The molecule has 1 atom stereocenters. The Labute approximate surface area is 176 Å². The molecule has 0 aliphatic rings. The second-order valence-corrected chi connectivity index (χ2v) is 7.56. The number of carbonyl (C=O) groups excluding carboxylic acids is 1. The number of aromatic nitrogens is 3. The van der Waals surface area contributed by atoms with Crippen molar-refractivity contribution in [3.05, 3.63) is 69.5 Å². The number of nitrogens with zero attached hydrogens (tertiary/aromatic N) is 3. The van der Waals surface area contributed by atoms with E-state index in [4.69, 9.17) is 4.52 Å². The number of aryl methyl sites for hydroxylation is 3. The molecule has 0 spiro atoms. The Hall–Kier alpha value is -3.22. The molecule has 0 aliphatic heterocycles. The summed E-state index contributed by atoms with van der Waals surface area (Å²) in [6.45, 7) is 8.55. The van der Waals surface area contributed by atoms with Gasteiger partial charge in [0.15, 0.2) is 0 Å². The van der Waals surface area contributed by atoms with Crippen LogP contribution in [0.25, 0.3) is 11.4 Å². The minimum atomic E-state index is -0.131. The molecule has 1 unspecified atom stereocenters. The monoisotopic (exact) mass is 408 g/mol. The predicted octanol–water partition coefficient (Wildman–Crippen LogP) is 3.74. The van der Waals surface area contributed by atoms with Crippen LogP contribution in [0.3, 0.4) is 0 Å². The molecule has 7 nitrogen and oxygen atoms in total. The minimum absolute atomic E-state index is 0.0825. The maximum atomic E-state index is 12.7. The highest BCUT2D eigenvalue weighted by atomic mass is 16.5. The summed E-state index contributed by atoms with van der Waals surface area (Å²) in [5.74, 6) is 0.502. The van der Waals surface area contributed by atoms with Crippen molar-refractivity contribution in [1.29, 1.82) is 0 Å². The third-order valence-corrected chi connectivity index (χ3v) is 5.07. The number of pyridine rings is 1. The second-order valence-electron chi connectivity index (χ2n) is 7.56. The van der Waals surface area contributed by atoms with Crippen molar-refractivity contribution < 1.29 is 9.32 Å². The largest absolute Gasteiger partial charge is 0.350 e. The number of hydrogen-bond acceptors (Lipinski definition) is 5. The summed E-state index contributed by atoms with van der Waals surface area (Å²) < 4.78 is 6.98. The standard InChI is InChI=1S/C23H28N4O3/c1-5-14-27-16(3)8-11-19(23(27)29)22-25-21(30-26-22)13-12-20(28)24-17(4)18-9-6-15(2)7-10-18/h6-11,17H,5,12-14H2,1-4H3,(H,24,28). The van der Waals surface area contributed by atoms with Gasteiger partial charge in [-0.15, -0.1) is 0 Å². The average Bonchev–Trinajstić information content (AvgIpc) is 3.19. The van der Waals surface area contributed by atoms with Crippen LogP contribution < -0.4 is 10.9 Å². The van der Waals surface area contributed by atoms with Crippen molar-refractivity contribution in [2.24, 2.45) is 0 Å². The lowest BCUT2D eigenvalue weighted by Gasteiger charge is -2.14. The summed E-state index contributed by atoms with van der Waals surface area (Å²) in [5.41, 5.74) is 3.40. The highest BCUT2D eigenvalue weighted by molar-refractivity contribution is 5.76. The van der Waals surface area contributed by atoms with E-state index in [0.717, 1.165) is 17.7 Å². The Kier molecular flexibility index (Phi) is 6.82. The Balaban J connectivity index is 1.62. The smallest absolute Gasteiger partial charge is 0.261 e. The lowest BCUT2D eigenvalue weighted by molar-refractivity contribution is -0.121. The van der Waals surface area contributed by atoms with Crippen molar-refractivity contribution in [3.8, 4) is 11.4 Å². The number of carbonyl (C=O) groups is 1. The topological polar surface area (TPSA) is 90.0 Å². The van der Waals surface area contributed by atoms with Crippen molar-refractivity contribution >= 4 is 5.91 Å². The molecule has 3 aromatic rings. The van der Waals surface area contributed by atoms with Crippen LogP contribution in [0.2, 0.25) is 0 Å². The molecule has 3 rings (SSSR count). The second kappa shape index (κ2) is 9.52. The SMILES string of the molecule is CCCn1c(C)ccc(-c2noc(CCC(=O)NC(C)c3ccc(C)cc3)n2)c1=O. The van der Waals surface area contributed by atoms with Gasteiger partial charge in [0.1, 0.15) is 0 Å². The van der Waals surface area contributed by atoms with E-state index in [9.17, 15) is 9.59 Å². The van der Waals surface area contributed by atoms with E-state index in [1.165, 1.54) is 5.56 Å². The van der Waals surface area contributed by atoms with Gasteiger partial charge < -0.3 is 14.4 Å². The summed E-state index contributed by atoms with van der Waals surface area (Å²) >= 11 is 0. The molecule has 158 valence electrons. The summed E-state index contributed by atoms with van der Waals surface area (Å²) in [6.07, 6.45) is 1.40. The van der Waals surface area contributed by atoms with Crippen LogP contribution in [0, 0.1) is 13.8 Å². The molecule has 1 aromatic carbocycles. The Morgan fingerprint density at radius 3 is 2.60 bits per heavy atom. The average molecular weight is 409 g/mol. The molecule has 0 radical (unpaired) electrons. The molecule has 0 fully saturated rings. The molecule has 0 bridgehead atoms. The first-order chi connectivity index (χ1) is 14.4. The molecule has 1 amide bonds. The first-order valence-corrected chi connectivity index (χ1v) is 10.3. The van der Waals surface area contributed by atoms with Crippen LogP contribution in [0.15, 0.2) is 45.7 Å². The summed E-state index contributed by atoms with van der Waals surface area (Å²) in [4.78, 5) is 29.3. The van der Waals surface area contributed by atoms with Gasteiger partial charge >= 0.3 is 0 Å². The molecule has 0 saturated carbocycles. The van der Waals surface area contributed by atoms with Gasteiger partial charge in [-0.05, 0) is 44.9 Å². The molecule has 0 aliphatic carbocycles. The molecular weight excluding hydrogens is 380 g/mol. The number of hydrogen-bond donors (Lipinski definition) is 1. The summed E-state index contributed by atoms with van der Waals surface area (Å²) in [6, 6.07) is 11.6. The van der Waals surface area contributed by atoms with Crippen LogP contribution in [0.5, 0.6) is 0 Å². The predicted molar refractivity (Wildman–Crippen MR) is 115 cm³/mol. The fourth-order valence-corrected chi connectivity index (χ4v) is 3.28. The van der Waals surface area contributed by atoms with Crippen molar-refractivity contribution in [1.82, 2.24) is 20.0 Å². The number of benzene rings is 1. The van der Waals surface area contributed by atoms with Gasteiger partial charge in [-0.3, -0.25) is 9.59 Å². The third-order valence-electron chi connectivity index (χ3n) is 5.07. The molecule has 2 aromatic heterocycles. The highest BCUT2D eigenvalue weighted by Gasteiger charge is 2.16. The van der Waals surface area contributed by atoms with E-state index in [2.05, 4.69) is 15.5 Å². The maximum absolute atomic E-state index is 12.7. The lowest BCUT2D eigenvalue weighted by Crippen LogP contribution is -2.26. The van der Waals surface area contributed by atoms with E-state index in [-0.39, 0.29) is 29.8 Å². The normalized spacial score (nSPS) is 12.0. The first kappa shape index (κ1) is 21.5. The first-order valence-electron chi connectivity index (χ1n) is 10.3. The van der Waals surface area contributed by atoms with Gasteiger partial charge in [0, 0.05) is 25.1 Å². The van der Waals surface area contributed by atoms with Crippen LogP contribution in [-0.2, 0) is 17.8 Å². The van der Waals surface area contributed by atoms with Crippen molar-refractivity contribution in [2.75, 3.05) is 0 Å². The molecule has 30 heavy (non-hydrogen) atoms. The minimum Gasteiger partial charge on any atom is -0.350 e. The van der Waals surface area contributed by atoms with E-state index in [1.54, 1.807) is 10.6 Å². The maximum Gasteiger partial charge on any atom is 0.261 e. The molecule has 1 N–H and O–H groups in total. The van der Waals surface area contributed by atoms with Gasteiger partial charge in [-0.2, -0.15) is 4.98 Å². The van der Waals surface area contributed by atoms with Crippen LogP contribution in [0.1, 0.15) is 55.4 Å². The zero-order chi connectivity index (χ0) is 21.7. The molecular formula is C23H28N4O3. The van der Waals surface area contributed by atoms with E-state index >= 15 is 0 Å². The highest BCUT2D eigenvalue weighted by Crippen LogP contribution is 2.15. The summed E-state index contributed by atoms with van der Waals surface area (Å²) in [5, 5.41) is 6.92. The summed E-state index contributed by atoms with van der Waals surface area (Å²) in [7, 11) is 0. The van der Waals surface area contributed by atoms with E-state index in [1.807, 2.05) is 58.0 Å². The zero-order valence-corrected chi connectivity index (χ0v) is 17.9. The molecule has 2 heterocycles. The fourth-order valence-electron chi connectivity index (χ4n) is 3.28.